The van der Waals surface area contributed by atoms with Gasteiger partial charge in [0.1, 0.15) is 18.2 Å². The predicted octanol–water partition coefficient (Wildman–Crippen LogP) is 2.29. The first-order valence-corrected chi connectivity index (χ1v) is 6.30. The topological polar surface area (TPSA) is 57.4 Å². The van der Waals surface area contributed by atoms with Gasteiger partial charge in [0.15, 0.2) is 0 Å². The number of halogens is 1. The van der Waals surface area contributed by atoms with Crippen molar-refractivity contribution in [3.05, 3.63) is 59.7 Å². The summed E-state index contributed by atoms with van der Waals surface area (Å²) in [6.45, 7) is 0.881. The van der Waals surface area contributed by atoms with Gasteiger partial charge >= 0.3 is 0 Å². The number of ether oxygens (including phenoxy) is 2. The third kappa shape index (κ3) is 3.31. The van der Waals surface area contributed by atoms with Crippen LogP contribution in [0.2, 0.25) is 0 Å². The van der Waals surface area contributed by atoms with E-state index < -0.39 is 11.9 Å². The minimum absolute atomic E-state index is 0.204. The molecule has 4 nitrogen and oxygen atoms in total. The summed E-state index contributed by atoms with van der Waals surface area (Å²) >= 11 is 0. The fourth-order valence-corrected chi connectivity index (χ4v) is 1.88. The highest BCUT2D eigenvalue weighted by Crippen LogP contribution is 2.28. The maximum Gasteiger partial charge on any atom is 0.146 e. The maximum absolute atomic E-state index is 13.8. The zero-order valence-electron chi connectivity index (χ0n) is 11.3. The number of aromatic nitrogens is 1. The molecule has 0 radical (unpaired) electrons. The first-order valence-electron chi connectivity index (χ1n) is 6.30. The monoisotopic (exact) mass is 276 g/mol. The Hall–Kier alpha value is -1.98. The molecule has 1 aromatic carbocycles. The average Bonchev–Trinajstić information content (AvgIpc) is 2.48. The highest BCUT2D eigenvalue weighted by molar-refractivity contribution is 5.39. The van der Waals surface area contributed by atoms with Crippen LogP contribution in [0.1, 0.15) is 17.3 Å². The van der Waals surface area contributed by atoms with Crippen LogP contribution in [-0.2, 0) is 4.74 Å². The van der Waals surface area contributed by atoms with Crippen molar-refractivity contribution in [2.75, 3.05) is 20.3 Å². The lowest BCUT2D eigenvalue weighted by Crippen LogP contribution is -2.17. The van der Waals surface area contributed by atoms with E-state index in [1.807, 2.05) is 12.1 Å². The fourth-order valence-electron chi connectivity index (χ4n) is 1.88. The predicted molar refractivity (Wildman–Crippen MR) is 74.0 cm³/mol. The molecule has 0 aliphatic carbocycles. The first-order chi connectivity index (χ1) is 9.74. The van der Waals surface area contributed by atoms with Crippen molar-refractivity contribution >= 4 is 0 Å². The van der Waals surface area contributed by atoms with Crippen LogP contribution in [0.15, 0.2) is 42.6 Å². The number of methoxy groups -OCH3 is 1. The van der Waals surface area contributed by atoms with Crippen molar-refractivity contribution in [1.82, 2.24) is 4.98 Å². The maximum atomic E-state index is 13.8. The van der Waals surface area contributed by atoms with Crippen molar-refractivity contribution in [3.8, 4) is 5.75 Å². The van der Waals surface area contributed by atoms with E-state index in [0.717, 1.165) is 0 Å². The molecule has 2 N–H and O–H groups in total. The van der Waals surface area contributed by atoms with Crippen LogP contribution in [0.4, 0.5) is 4.39 Å². The summed E-state index contributed by atoms with van der Waals surface area (Å²) in [5.41, 5.74) is 7.01. The Balaban J connectivity index is 2.25. The van der Waals surface area contributed by atoms with Crippen molar-refractivity contribution in [2.24, 2.45) is 5.73 Å². The van der Waals surface area contributed by atoms with E-state index in [-0.39, 0.29) is 5.69 Å². The quantitative estimate of drug-likeness (QED) is 0.822. The highest BCUT2D eigenvalue weighted by atomic mass is 19.1. The molecule has 0 bridgehead atoms. The van der Waals surface area contributed by atoms with E-state index >= 15 is 0 Å². The highest BCUT2D eigenvalue weighted by Gasteiger charge is 2.18. The van der Waals surface area contributed by atoms with E-state index in [2.05, 4.69) is 4.98 Å². The third-order valence-corrected chi connectivity index (χ3v) is 2.88. The molecule has 0 saturated heterocycles. The van der Waals surface area contributed by atoms with Crippen LogP contribution >= 0.6 is 0 Å². The van der Waals surface area contributed by atoms with Gasteiger partial charge in [-0.3, -0.25) is 4.98 Å². The SMILES string of the molecule is COCCOc1ccccc1C(N)c1ncccc1F. The van der Waals surface area contributed by atoms with Gasteiger partial charge in [-0.05, 0) is 18.2 Å². The third-order valence-electron chi connectivity index (χ3n) is 2.88. The van der Waals surface area contributed by atoms with Crippen LogP contribution in [0.3, 0.4) is 0 Å². The zero-order chi connectivity index (χ0) is 14.4. The van der Waals surface area contributed by atoms with Gasteiger partial charge in [0.25, 0.3) is 0 Å². The van der Waals surface area contributed by atoms with Crippen LogP contribution in [0.5, 0.6) is 5.75 Å². The second-order valence-electron chi connectivity index (χ2n) is 4.23. The largest absolute Gasteiger partial charge is 0.491 e. The fraction of sp³-hybridized carbons (Fsp3) is 0.267. The lowest BCUT2D eigenvalue weighted by Gasteiger charge is -2.17. The van der Waals surface area contributed by atoms with Gasteiger partial charge in [0, 0.05) is 18.9 Å². The summed E-state index contributed by atoms with van der Waals surface area (Å²) in [6, 6.07) is 9.48. The number of nitrogens with two attached hydrogens (primary N) is 1. The van der Waals surface area contributed by atoms with Crippen molar-refractivity contribution in [3.63, 3.8) is 0 Å². The number of rotatable bonds is 6. The Morgan fingerprint density at radius 3 is 2.75 bits per heavy atom. The lowest BCUT2D eigenvalue weighted by molar-refractivity contribution is 0.145. The van der Waals surface area contributed by atoms with Crippen LogP contribution in [0, 0.1) is 5.82 Å². The molecule has 0 amide bonds. The molecule has 20 heavy (non-hydrogen) atoms. The molecular formula is C15H17FN2O2. The minimum Gasteiger partial charge on any atom is -0.491 e. The van der Waals surface area contributed by atoms with E-state index in [4.69, 9.17) is 15.2 Å². The van der Waals surface area contributed by atoms with Crippen molar-refractivity contribution < 1.29 is 13.9 Å². The Morgan fingerprint density at radius 1 is 1.20 bits per heavy atom. The summed E-state index contributed by atoms with van der Waals surface area (Å²) in [5, 5.41) is 0. The standard InChI is InChI=1S/C15H17FN2O2/c1-19-9-10-20-13-7-3-2-5-11(13)14(17)15-12(16)6-4-8-18-15/h2-8,14H,9-10,17H2,1H3. The number of hydrogen-bond donors (Lipinski definition) is 1. The van der Waals surface area contributed by atoms with Crippen LogP contribution in [0.25, 0.3) is 0 Å². The molecule has 1 heterocycles. The molecule has 5 heteroatoms. The molecule has 0 aliphatic rings. The lowest BCUT2D eigenvalue weighted by atomic mass is 10.0. The summed E-state index contributed by atoms with van der Waals surface area (Å²) in [7, 11) is 1.60. The van der Waals surface area contributed by atoms with Crippen LogP contribution in [-0.4, -0.2) is 25.3 Å². The van der Waals surface area contributed by atoms with E-state index in [9.17, 15) is 4.39 Å². The molecular weight excluding hydrogens is 259 g/mol. The zero-order valence-corrected chi connectivity index (χ0v) is 11.3. The Kier molecular flexibility index (Phi) is 5.03. The first kappa shape index (κ1) is 14.4. The molecule has 1 unspecified atom stereocenters. The molecule has 1 aromatic heterocycles. The van der Waals surface area contributed by atoms with E-state index in [1.54, 1.807) is 19.2 Å². The smallest absolute Gasteiger partial charge is 0.146 e. The summed E-state index contributed by atoms with van der Waals surface area (Å²) < 4.78 is 24.3. The second-order valence-corrected chi connectivity index (χ2v) is 4.23. The van der Waals surface area contributed by atoms with Crippen molar-refractivity contribution in [2.45, 2.75) is 6.04 Å². The molecule has 0 fully saturated rings. The molecule has 1 atom stereocenters. The van der Waals surface area contributed by atoms with Gasteiger partial charge in [-0.1, -0.05) is 18.2 Å². The van der Waals surface area contributed by atoms with Gasteiger partial charge in [0.05, 0.1) is 18.3 Å². The van der Waals surface area contributed by atoms with Crippen molar-refractivity contribution in [1.29, 1.82) is 0 Å². The molecule has 106 valence electrons. The van der Waals surface area contributed by atoms with E-state index in [0.29, 0.717) is 24.5 Å². The van der Waals surface area contributed by atoms with Gasteiger partial charge in [-0.25, -0.2) is 4.39 Å². The van der Waals surface area contributed by atoms with Gasteiger partial charge in [-0.2, -0.15) is 0 Å². The number of hydrogen-bond acceptors (Lipinski definition) is 4. The Labute approximate surface area is 117 Å². The summed E-state index contributed by atoms with van der Waals surface area (Å²) in [4.78, 5) is 4.01. The van der Waals surface area contributed by atoms with Gasteiger partial charge < -0.3 is 15.2 Å². The summed E-state index contributed by atoms with van der Waals surface area (Å²) in [5.74, 6) is 0.189. The number of benzene rings is 1. The minimum atomic E-state index is -0.671. The van der Waals surface area contributed by atoms with Gasteiger partial charge in [0.2, 0.25) is 0 Å². The van der Waals surface area contributed by atoms with Gasteiger partial charge in [-0.15, -0.1) is 0 Å². The van der Waals surface area contributed by atoms with E-state index in [1.165, 1.54) is 18.3 Å². The molecule has 2 rings (SSSR count). The number of pyridine rings is 1. The Morgan fingerprint density at radius 2 is 2.00 bits per heavy atom. The average molecular weight is 276 g/mol. The second kappa shape index (κ2) is 6.98. The van der Waals surface area contributed by atoms with Crippen LogP contribution < -0.4 is 10.5 Å². The number of para-hydroxylation sites is 1. The summed E-state index contributed by atoms with van der Waals surface area (Å²) in [6.07, 6.45) is 1.52. The molecule has 0 aliphatic heterocycles. The normalized spacial score (nSPS) is 12.2. The molecule has 0 spiro atoms. The molecule has 2 aromatic rings. The molecule has 0 saturated carbocycles. The number of nitrogens with zero attached hydrogens (tertiary/aromatic N) is 1. The Bertz CT molecular complexity index is 563.